The summed E-state index contributed by atoms with van der Waals surface area (Å²) in [5.41, 5.74) is -0.0383. The van der Waals surface area contributed by atoms with Crippen LogP contribution < -0.4 is 5.32 Å². The highest BCUT2D eigenvalue weighted by atomic mass is 19.1. The van der Waals surface area contributed by atoms with Crippen molar-refractivity contribution >= 4 is 5.69 Å². The van der Waals surface area contributed by atoms with Gasteiger partial charge in [0.15, 0.2) is 5.57 Å². The molecule has 1 aromatic heterocycles. The summed E-state index contributed by atoms with van der Waals surface area (Å²) in [7, 11) is 0. The van der Waals surface area contributed by atoms with Crippen LogP contribution in [0.25, 0.3) is 5.69 Å². The molecule has 100 valence electrons. The molecule has 0 atom stereocenters. The minimum Gasteiger partial charge on any atom is -0.345 e. The summed E-state index contributed by atoms with van der Waals surface area (Å²) < 4.78 is 15.5. The summed E-state index contributed by atoms with van der Waals surface area (Å²) in [6, 6.07) is 9.09. The maximum atomic E-state index is 14.0. The first kappa shape index (κ1) is 13.8. The highest BCUT2D eigenvalue weighted by Crippen LogP contribution is 2.19. The minimum atomic E-state index is -0.536. The van der Waals surface area contributed by atoms with Gasteiger partial charge in [-0.3, -0.25) is 0 Å². The van der Waals surface area contributed by atoms with E-state index >= 15 is 0 Å². The Morgan fingerprint density at radius 3 is 2.48 bits per heavy atom. The van der Waals surface area contributed by atoms with Gasteiger partial charge in [-0.05, 0) is 18.2 Å². The van der Waals surface area contributed by atoms with Gasteiger partial charge in [0.1, 0.15) is 29.7 Å². The molecule has 0 amide bonds. The average Bonchev–Trinajstić information content (AvgIpc) is 3.01. The normalized spacial score (nSPS) is 9.05. The standard InChI is InChI=1S/C14H7FN6/c15-12-5-11(20-13(8-18)10(6-16)7-17)1-2-14(12)21-4-3-19-9-21/h1-5,9,20H. The highest BCUT2D eigenvalue weighted by molar-refractivity contribution is 5.59. The van der Waals surface area contributed by atoms with Crippen LogP contribution in [0.5, 0.6) is 0 Å². The smallest absolute Gasteiger partial charge is 0.163 e. The van der Waals surface area contributed by atoms with Gasteiger partial charge < -0.3 is 9.88 Å². The number of imidazole rings is 1. The van der Waals surface area contributed by atoms with Crippen molar-refractivity contribution in [2.24, 2.45) is 0 Å². The van der Waals surface area contributed by atoms with Crippen molar-refractivity contribution in [2.45, 2.75) is 0 Å². The number of nitrogens with zero attached hydrogens (tertiary/aromatic N) is 5. The minimum absolute atomic E-state index is 0.227. The molecule has 2 aromatic rings. The average molecular weight is 278 g/mol. The van der Waals surface area contributed by atoms with Gasteiger partial charge in [-0.25, -0.2) is 9.37 Å². The van der Waals surface area contributed by atoms with E-state index in [1.807, 2.05) is 0 Å². The first-order chi connectivity index (χ1) is 10.2. The van der Waals surface area contributed by atoms with Crippen molar-refractivity contribution in [1.82, 2.24) is 9.55 Å². The van der Waals surface area contributed by atoms with E-state index in [2.05, 4.69) is 10.3 Å². The Hall–Kier alpha value is -3.63. The maximum Gasteiger partial charge on any atom is 0.163 e. The predicted molar refractivity (Wildman–Crippen MR) is 71.0 cm³/mol. The van der Waals surface area contributed by atoms with Gasteiger partial charge in [-0.2, -0.15) is 15.8 Å². The summed E-state index contributed by atoms with van der Waals surface area (Å²) in [6.45, 7) is 0. The summed E-state index contributed by atoms with van der Waals surface area (Å²) in [5.74, 6) is -0.536. The van der Waals surface area contributed by atoms with E-state index in [1.165, 1.54) is 35.3 Å². The number of hydrogen-bond donors (Lipinski definition) is 1. The molecule has 0 bridgehead atoms. The van der Waals surface area contributed by atoms with E-state index in [9.17, 15) is 4.39 Å². The second kappa shape index (κ2) is 6.01. The van der Waals surface area contributed by atoms with Gasteiger partial charge in [-0.1, -0.05) is 0 Å². The molecule has 7 heteroatoms. The van der Waals surface area contributed by atoms with Gasteiger partial charge in [0.05, 0.1) is 12.0 Å². The fourth-order valence-corrected chi connectivity index (χ4v) is 1.62. The van der Waals surface area contributed by atoms with Crippen LogP contribution in [-0.4, -0.2) is 9.55 Å². The number of aromatic nitrogens is 2. The van der Waals surface area contributed by atoms with Gasteiger partial charge >= 0.3 is 0 Å². The molecule has 0 aliphatic rings. The number of nitrogens with one attached hydrogen (secondary N) is 1. The lowest BCUT2D eigenvalue weighted by Crippen LogP contribution is -2.02. The zero-order valence-electron chi connectivity index (χ0n) is 10.6. The van der Waals surface area contributed by atoms with E-state index < -0.39 is 5.82 Å². The molecule has 0 radical (unpaired) electrons. The van der Waals surface area contributed by atoms with Crippen LogP contribution in [0.15, 0.2) is 48.2 Å². The Bertz CT molecular complexity index is 799. The van der Waals surface area contributed by atoms with Crippen LogP contribution in [0.4, 0.5) is 10.1 Å². The van der Waals surface area contributed by atoms with E-state index in [0.29, 0.717) is 5.69 Å². The Labute approximate surface area is 119 Å². The molecule has 0 saturated carbocycles. The van der Waals surface area contributed by atoms with E-state index in [4.69, 9.17) is 15.8 Å². The molecule has 0 spiro atoms. The lowest BCUT2D eigenvalue weighted by molar-refractivity contribution is 0.618. The summed E-state index contributed by atoms with van der Waals surface area (Å²) >= 11 is 0. The van der Waals surface area contributed by atoms with Crippen molar-refractivity contribution in [1.29, 1.82) is 15.8 Å². The molecule has 6 nitrogen and oxygen atoms in total. The Morgan fingerprint density at radius 2 is 1.95 bits per heavy atom. The summed E-state index contributed by atoms with van der Waals surface area (Å²) in [4.78, 5) is 3.83. The Morgan fingerprint density at radius 1 is 1.19 bits per heavy atom. The molecule has 1 aromatic carbocycles. The fraction of sp³-hybridized carbons (Fsp3) is 0. The summed E-state index contributed by atoms with van der Waals surface area (Å²) in [6.07, 6.45) is 4.57. The lowest BCUT2D eigenvalue weighted by Gasteiger charge is -2.08. The second-order valence-electron chi connectivity index (χ2n) is 3.85. The van der Waals surface area contributed by atoms with Crippen molar-refractivity contribution in [2.75, 3.05) is 5.32 Å². The van der Waals surface area contributed by atoms with Gasteiger partial charge in [0.2, 0.25) is 0 Å². The maximum absolute atomic E-state index is 14.0. The monoisotopic (exact) mass is 278 g/mol. The molecule has 1 heterocycles. The number of halogens is 1. The van der Waals surface area contributed by atoms with Crippen LogP contribution in [0.2, 0.25) is 0 Å². The Balaban J connectivity index is 2.35. The molecular formula is C14H7FN6. The summed E-state index contributed by atoms with van der Waals surface area (Å²) in [5, 5.41) is 28.9. The molecule has 0 saturated heterocycles. The van der Waals surface area contributed by atoms with Crippen molar-refractivity contribution < 1.29 is 4.39 Å². The van der Waals surface area contributed by atoms with Crippen molar-refractivity contribution in [3.8, 4) is 23.9 Å². The largest absolute Gasteiger partial charge is 0.345 e. The van der Waals surface area contributed by atoms with E-state index in [1.54, 1.807) is 24.4 Å². The molecule has 0 fully saturated rings. The fourth-order valence-electron chi connectivity index (χ4n) is 1.62. The van der Waals surface area contributed by atoms with Gasteiger partial charge in [-0.15, -0.1) is 0 Å². The molecule has 0 aliphatic carbocycles. The molecular weight excluding hydrogens is 271 g/mol. The van der Waals surface area contributed by atoms with Crippen LogP contribution >= 0.6 is 0 Å². The number of hydrogen-bond acceptors (Lipinski definition) is 5. The quantitative estimate of drug-likeness (QED) is 0.867. The molecule has 1 N–H and O–H groups in total. The van der Waals surface area contributed by atoms with Gasteiger partial charge in [0.25, 0.3) is 0 Å². The number of anilines is 1. The molecule has 0 unspecified atom stereocenters. The third kappa shape index (κ3) is 2.86. The molecule has 2 rings (SSSR count). The number of allylic oxidation sites excluding steroid dienone is 2. The second-order valence-corrected chi connectivity index (χ2v) is 3.85. The van der Waals surface area contributed by atoms with Crippen LogP contribution in [0.1, 0.15) is 0 Å². The molecule has 0 aliphatic heterocycles. The van der Waals surface area contributed by atoms with E-state index in [0.717, 1.165) is 0 Å². The molecule has 21 heavy (non-hydrogen) atoms. The van der Waals surface area contributed by atoms with Crippen molar-refractivity contribution in [3.05, 3.63) is 54.0 Å². The topological polar surface area (TPSA) is 101 Å². The zero-order chi connectivity index (χ0) is 15.2. The third-order valence-electron chi connectivity index (χ3n) is 2.59. The number of benzene rings is 1. The van der Waals surface area contributed by atoms with Crippen LogP contribution in [0.3, 0.4) is 0 Å². The lowest BCUT2D eigenvalue weighted by atomic mass is 10.2. The number of nitriles is 3. The Kier molecular flexibility index (Phi) is 3.95. The zero-order valence-corrected chi connectivity index (χ0v) is 10.6. The van der Waals surface area contributed by atoms with Gasteiger partial charge in [0, 0.05) is 18.1 Å². The van der Waals surface area contributed by atoms with Crippen LogP contribution in [0, 0.1) is 39.8 Å². The van der Waals surface area contributed by atoms with E-state index in [-0.39, 0.29) is 17.0 Å². The first-order valence-corrected chi connectivity index (χ1v) is 5.69. The predicted octanol–water partition coefficient (Wildman–Crippen LogP) is 2.25. The van der Waals surface area contributed by atoms with Crippen molar-refractivity contribution in [3.63, 3.8) is 0 Å². The van der Waals surface area contributed by atoms with Crippen LogP contribution in [-0.2, 0) is 0 Å². The first-order valence-electron chi connectivity index (χ1n) is 5.69. The highest BCUT2D eigenvalue weighted by Gasteiger charge is 2.09. The third-order valence-corrected chi connectivity index (χ3v) is 2.59. The number of rotatable bonds is 3. The SMILES string of the molecule is N#CC(C#N)=C(C#N)Nc1ccc(-n2ccnc2)c(F)c1.